The van der Waals surface area contributed by atoms with E-state index in [-0.39, 0.29) is 18.0 Å². The third-order valence-corrected chi connectivity index (χ3v) is 7.77. The lowest BCUT2D eigenvalue weighted by Gasteiger charge is -2.30. The van der Waals surface area contributed by atoms with Gasteiger partial charge in [-0.1, -0.05) is 18.1 Å². The van der Waals surface area contributed by atoms with Crippen molar-refractivity contribution >= 4 is 44.6 Å². The second kappa shape index (κ2) is 9.20. The first kappa shape index (κ1) is 22.0. The molecule has 1 N–H and O–H groups in total. The zero-order valence-corrected chi connectivity index (χ0v) is 20.2. The molecule has 0 bridgehead atoms. The number of nitrogens with zero attached hydrogens (tertiary/aromatic N) is 4. The number of aromatic nitrogens is 3. The molecule has 172 valence electrons. The molecule has 1 fully saturated rings. The van der Waals surface area contributed by atoms with E-state index in [1.807, 2.05) is 22.9 Å². The Balaban J connectivity index is 1.52. The monoisotopic (exact) mass is 483 g/mol. The van der Waals surface area contributed by atoms with Gasteiger partial charge in [-0.15, -0.1) is 22.7 Å². The van der Waals surface area contributed by atoms with E-state index >= 15 is 0 Å². The molecule has 1 aliphatic heterocycles. The van der Waals surface area contributed by atoms with Crippen LogP contribution in [0.5, 0.6) is 0 Å². The number of hydrogen-bond acceptors (Lipinski definition) is 8. The SMILES string of the molecule is Cc1cc(NC(=O)Cn2c(CN3CCC(C)CC3)nc3scc(-c4cccs4)c3c2=O)no1. The van der Waals surface area contributed by atoms with Crippen LogP contribution in [0, 0.1) is 12.8 Å². The normalized spacial score (nSPS) is 15.3. The number of thiophene rings is 2. The first-order valence-corrected chi connectivity index (χ1v) is 12.7. The fourth-order valence-corrected chi connectivity index (χ4v) is 5.91. The summed E-state index contributed by atoms with van der Waals surface area (Å²) in [6.07, 6.45) is 2.25. The molecule has 0 aliphatic carbocycles. The topological polar surface area (TPSA) is 93.3 Å². The Kier molecular flexibility index (Phi) is 6.13. The molecule has 0 spiro atoms. The van der Waals surface area contributed by atoms with E-state index in [9.17, 15) is 9.59 Å². The molecule has 5 rings (SSSR count). The zero-order chi connectivity index (χ0) is 22.9. The molecule has 0 saturated carbocycles. The number of nitrogens with one attached hydrogen (secondary N) is 1. The van der Waals surface area contributed by atoms with Crippen LogP contribution in [0.15, 0.2) is 38.3 Å². The van der Waals surface area contributed by atoms with Gasteiger partial charge in [-0.2, -0.15) is 0 Å². The number of rotatable bonds is 6. The van der Waals surface area contributed by atoms with Crippen molar-refractivity contribution in [1.29, 1.82) is 0 Å². The number of carbonyl (C=O) groups is 1. The van der Waals surface area contributed by atoms with Crippen LogP contribution in [-0.4, -0.2) is 38.6 Å². The number of fused-ring (bicyclic) bond motifs is 1. The fraction of sp³-hybridized carbons (Fsp3) is 0.391. The summed E-state index contributed by atoms with van der Waals surface area (Å²) in [5.74, 6) is 1.92. The molecular weight excluding hydrogens is 458 g/mol. The van der Waals surface area contributed by atoms with Gasteiger partial charge in [0.2, 0.25) is 5.91 Å². The van der Waals surface area contributed by atoms with Gasteiger partial charge >= 0.3 is 0 Å². The fourth-order valence-electron chi connectivity index (χ4n) is 4.13. The number of likely N-dealkylation sites (tertiary alicyclic amines) is 1. The number of anilines is 1. The summed E-state index contributed by atoms with van der Waals surface area (Å²) in [6, 6.07) is 5.61. The lowest BCUT2D eigenvalue weighted by Crippen LogP contribution is -2.37. The Morgan fingerprint density at radius 2 is 2.12 bits per heavy atom. The van der Waals surface area contributed by atoms with E-state index in [0.717, 1.165) is 36.4 Å². The van der Waals surface area contributed by atoms with E-state index in [2.05, 4.69) is 22.3 Å². The van der Waals surface area contributed by atoms with Gasteiger partial charge in [0.15, 0.2) is 5.82 Å². The van der Waals surface area contributed by atoms with E-state index in [0.29, 0.717) is 40.1 Å². The lowest BCUT2D eigenvalue weighted by molar-refractivity contribution is -0.116. The van der Waals surface area contributed by atoms with Crippen molar-refractivity contribution in [3.63, 3.8) is 0 Å². The average molecular weight is 484 g/mol. The van der Waals surface area contributed by atoms with Gasteiger partial charge in [-0.25, -0.2) is 4.98 Å². The summed E-state index contributed by atoms with van der Waals surface area (Å²) in [6.45, 7) is 6.36. The summed E-state index contributed by atoms with van der Waals surface area (Å²) in [7, 11) is 0. The van der Waals surface area contributed by atoms with E-state index in [1.54, 1.807) is 24.3 Å². The van der Waals surface area contributed by atoms with Crippen LogP contribution in [0.4, 0.5) is 5.82 Å². The second-order valence-electron chi connectivity index (χ2n) is 8.56. The molecule has 0 radical (unpaired) electrons. The van der Waals surface area contributed by atoms with Crippen LogP contribution >= 0.6 is 22.7 Å². The van der Waals surface area contributed by atoms with E-state index in [4.69, 9.17) is 9.51 Å². The maximum atomic E-state index is 13.7. The van der Waals surface area contributed by atoms with Gasteiger partial charge in [0.05, 0.1) is 11.9 Å². The van der Waals surface area contributed by atoms with Gasteiger partial charge in [-0.3, -0.25) is 19.1 Å². The molecule has 1 saturated heterocycles. The Bertz CT molecular complexity index is 1330. The largest absolute Gasteiger partial charge is 0.360 e. The van der Waals surface area contributed by atoms with Crippen LogP contribution < -0.4 is 10.9 Å². The van der Waals surface area contributed by atoms with Gasteiger partial charge in [0.1, 0.15) is 23.0 Å². The highest BCUT2D eigenvalue weighted by Gasteiger charge is 2.23. The highest BCUT2D eigenvalue weighted by molar-refractivity contribution is 7.18. The quantitative estimate of drug-likeness (QED) is 0.438. The van der Waals surface area contributed by atoms with E-state index in [1.165, 1.54) is 15.9 Å². The van der Waals surface area contributed by atoms with Crippen molar-refractivity contribution < 1.29 is 9.32 Å². The number of piperidine rings is 1. The summed E-state index contributed by atoms with van der Waals surface area (Å²) >= 11 is 3.06. The number of amides is 1. The molecule has 4 aromatic heterocycles. The van der Waals surface area contributed by atoms with Crippen LogP contribution in [0.25, 0.3) is 20.7 Å². The van der Waals surface area contributed by atoms with Crippen molar-refractivity contribution in [2.24, 2.45) is 5.92 Å². The summed E-state index contributed by atoms with van der Waals surface area (Å²) in [4.78, 5) is 35.5. The smallest absolute Gasteiger partial charge is 0.263 e. The lowest BCUT2D eigenvalue weighted by atomic mass is 9.99. The molecule has 10 heteroatoms. The number of aryl methyl sites for hydroxylation is 1. The Labute approximate surface area is 198 Å². The summed E-state index contributed by atoms with van der Waals surface area (Å²) in [5.41, 5.74) is 0.693. The minimum absolute atomic E-state index is 0.132. The van der Waals surface area contributed by atoms with Gasteiger partial charge < -0.3 is 9.84 Å². The Morgan fingerprint density at radius 3 is 2.82 bits per heavy atom. The van der Waals surface area contributed by atoms with Crippen LogP contribution in [-0.2, 0) is 17.9 Å². The van der Waals surface area contributed by atoms with Crippen molar-refractivity contribution in [3.05, 3.63) is 50.9 Å². The standard InChI is InChI=1S/C23H25N5O3S2/c1-14-5-7-27(8-6-14)11-19-25-22-21(16(13-33-22)17-4-3-9-32-17)23(30)28(19)12-20(29)24-18-10-15(2)31-26-18/h3-4,9-10,13-14H,5-8,11-12H2,1-2H3,(H,24,26,29). The van der Waals surface area contributed by atoms with Crippen molar-refractivity contribution in [2.75, 3.05) is 18.4 Å². The highest BCUT2D eigenvalue weighted by atomic mass is 32.1. The average Bonchev–Trinajstić information content (AvgIpc) is 3.53. The van der Waals surface area contributed by atoms with Crippen LogP contribution in [0.1, 0.15) is 31.4 Å². The number of hydrogen-bond donors (Lipinski definition) is 1. The molecule has 4 aromatic rings. The summed E-state index contributed by atoms with van der Waals surface area (Å²) in [5, 5.41) is 11.1. The third-order valence-electron chi connectivity index (χ3n) is 6.00. The summed E-state index contributed by atoms with van der Waals surface area (Å²) < 4.78 is 6.55. The predicted octanol–water partition coefficient (Wildman–Crippen LogP) is 4.35. The molecule has 8 nitrogen and oxygen atoms in total. The van der Waals surface area contributed by atoms with Gasteiger partial charge in [0, 0.05) is 21.9 Å². The maximum absolute atomic E-state index is 13.7. The number of carbonyl (C=O) groups excluding carboxylic acids is 1. The highest BCUT2D eigenvalue weighted by Crippen LogP contribution is 2.34. The molecular formula is C23H25N5O3S2. The minimum atomic E-state index is -0.340. The molecule has 33 heavy (non-hydrogen) atoms. The molecule has 1 aliphatic rings. The molecule has 0 unspecified atom stereocenters. The Morgan fingerprint density at radius 1 is 1.30 bits per heavy atom. The van der Waals surface area contributed by atoms with Crippen molar-refractivity contribution in [1.82, 2.24) is 19.6 Å². The first-order chi connectivity index (χ1) is 16.0. The third kappa shape index (κ3) is 4.64. The first-order valence-electron chi connectivity index (χ1n) is 11.0. The van der Waals surface area contributed by atoms with Crippen LogP contribution in [0.3, 0.4) is 0 Å². The Hall–Kier alpha value is -2.82. The van der Waals surface area contributed by atoms with Crippen molar-refractivity contribution in [2.45, 2.75) is 39.8 Å². The minimum Gasteiger partial charge on any atom is -0.360 e. The van der Waals surface area contributed by atoms with Gasteiger partial charge in [-0.05, 0) is 50.2 Å². The molecule has 1 amide bonds. The maximum Gasteiger partial charge on any atom is 0.263 e. The van der Waals surface area contributed by atoms with E-state index < -0.39 is 0 Å². The van der Waals surface area contributed by atoms with Gasteiger partial charge in [0.25, 0.3) is 5.56 Å². The molecule has 0 atom stereocenters. The van der Waals surface area contributed by atoms with Crippen LogP contribution in [0.2, 0.25) is 0 Å². The molecule has 5 heterocycles. The zero-order valence-electron chi connectivity index (χ0n) is 18.5. The predicted molar refractivity (Wildman–Crippen MR) is 131 cm³/mol. The van der Waals surface area contributed by atoms with Crippen molar-refractivity contribution in [3.8, 4) is 10.4 Å². The molecule has 0 aromatic carbocycles. The second-order valence-corrected chi connectivity index (χ2v) is 10.4.